The van der Waals surface area contributed by atoms with Crippen LogP contribution in [0.1, 0.15) is 11.1 Å². The van der Waals surface area contributed by atoms with Gasteiger partial charge in [-0.15, -0.1) is 0 Å². The topological polar surface area (TPSA) is 55.0 Å². The molecule has 0 saturated carbocycles. The molecule has 3 aromatic rings. The van der Waals surface area contributed by atoms with E-state index in [0.717, 1.165) is 23.3 Å². The smallest absolute Gasteiger partial charge is 0.181 e. The van der Waals surface area contributed by atoms with E-state index in [9.17, 15) is 0 Å². The number of benzene rings is 1. The summed E-state index contributed by atoms with van der Waals surface area (Å²) in [6.45, 7) is 1.78. The number of nitrogen functional groups attached to an aromatic ring is 1. The van der Waals surface area contributed by atoms with Gasteiger partial charge in [-0.2, -0.15) is 0 Å². The van der Waals surface area contributed by atoms with E-state index in [1.54, 1.807) is 6.20 Å². The van der Waals surface area contributed by atoms with Gasteiger partial charge in [-0.1, -0.05) is 23.5 Å². The van der Waals surface area contributed by atoms with Crippen molar-refractivity contribution in [3.63, 3.8) is 0 Å². The lowest BCUT2D eigenvalue weighted by atomic mass is 10.2. The fourth-order valence-corrected chi connectivity index (χ4v) is 3.05. The largest absolute Gasteiger partial charge is 0.375 e. The summed E-state index contributed by atoms with van der Waals surface area (Å²) >= 11 is 1.54. The molecule has 102 valence electrons. The maximum atomic E-state index is 5.73. The van der Waals surface area contributed by atoms with Crippen LogP contribution in [0, 0.1) is 0 Å². The first-order chi connectivity index (χ1) is 9.70. The number of pyridine rings is 1. The van der Waals surface area contributed by atoms with Gasteiger partial charge in [0.2, 0.25) is 0 Å². The number of fused-ring (bicyclic) bond motifs is 1. The molecule has 0 aliphatic carbocycles. The molecule has 4 nitrogen and oxygen atoms in total. The van der Waals surface area contributed by atoms with Crippen molar-refractivity contribution in [2.24, 2.45) is 0 Å². The van der Waals surface area contributed by atoms with Crippen LogP contribution >= 0.6 is 11.3 Å². The summed E-state index contributed by atoms with van der Waals surface area (Å²) in [7, 11) is 2.11. The van der Waals surface area contributed by atoms with Crippen LogP contribution in [0.25, 0.3) is 10.2 Å². The summed E-state index contributed by atoms with van der Waals surface area (Å²) < 4.78 is 1.15. The highest BCUT2D eigenvalue weighted by molar-refractivity contribution is 7.22. The van der Waals surface area contributed by atoms with Gasteiger partial charge in [0, 0.05) is 25.5 Å². The second kappa shape index (κ2) is 5.56. The third kappa shape index (κ3) is 2.95. The third-order valence-corrected chi connectivity index (χ3v) is 3.94. The van der Waals surface area contributed by atoms with Gasteiger partial charge < -0.3 is 5.73 Å². The van der Waals surface area contributed by atoms with Gasteiger partial charge in [-0.3, -0.25) is 9.88 Å². The monoisotopic (exact) mass is 284 g/mol. The Balaban J connectivity index is 1.72. The van der Waals surface area contributed by atoms with Crippen molar-refractivity contribution in [3.05, 3.63) is 53.9 Å². The Morgan fingerprint density at radius 1 is 1.20 bits per heavy atom. The van der Waals surface area contributed by atoms with E-state index in [2.05, 4.69) is 40.1 Å². The Morgan fingerprint density at radius 2 is 2.05 bits per heavy atom. The molecule has 2 N–H and O–H groups in total. The summed E-state index contributed by atoms with van der Waals surface area (Å²) in [5.41, 5.74) is 9.20. The molecule has 0 unspecified atom stereocenters. The molecule has 20 heavy (non-hydrogen) atoms. The number of nitrogens with zero attached hydrogens (tertiary/aromatic N) is 3. The molecule has 2 aromatic heterocycles. The average molecular weight is 284 g/mol. The van der Waals surface area contributed by atoms with Crippen molar-refractivity contribution in [2.45, 2.75) is 13.1 Å². The number of anilines is 1. The zero-order chi connectivity index (χ0) is 13.9. The summed E-state index contributed by atoms with van der Waals surface area (Å²) in [5.74, 6) is 0. The maximum Gasteiger partial charge on any atom is 0.181 e. The summed E-state index contributed by atoms with van der Waals surface area (Å²) in [4.78, 5) is 10.7. The minimum atomic E-state index is 0.626. The SMILES string of the molecule is CN(Cc1cccnc1)Cc1ccc2nc(N)sc2c1. The molecule has 1 aromatic carbocycles. The van der Waals surface area contributed by atoms with Gasteiger partial charge >= 0.3 is 0 Å². The Bertz CT molecular complexity index is 708. The standard InChI is InChI=1S/C15H16N4S/c1-19(10-12-3-2-6-17-8-12)9-11-4-5-13-14(7-11)20-15(16)18-13/h2-8H,9-10H2,1H3,(H2,16,18). The van der Waals surface area contributed by atoms with Crippen LogP contribution in [0.4, 0.5) is 5.13 Å². The van der Waals surface area contributed by atoms with Crippen molar-refractivity contribution in [1.29, 1.82) is 0 Å². The van der Waals surface area contributed by atoms with Crippen LogP contribution in [0.15, 0.2) is 42.7 Å². The predicted molar refractivity (Wildman–Crippen MR) is 83.4 cm³/mol. The molecule has 0 bridgehead atoms. The lowest BCUT2D eigenvalue weighted by molar-refractivity contribution is 0.319. The van der Waals surface area contributed by atoms with E-state index in [1.165, 1.54) is 22.5 Å². The molecule has 0 spiro atoms. The van der Waals surface area contributed by atoms with Crippen molar-refractivity contribution in [2.75, 3.05) is 12.8 Å². The molecule has 0 aliphatic rings. The minimum absolute atomic E-state index is 0.626. The van der Waals surface area contributed by atoms with Crippen LogP contribution in [0.2, 0.25) is 0 Å². The molecule has 5 heteroatoms. The predicted octanol–water partition coefficient (Wildman–Crippen LogP) is 2.91. The first kappa shape index (κ1) is 13.0. The van der Waals surface area contributed by atoms with Crippen molar-refractivity contribution < 1.29 is 0 Å². The van der Waals surface area contributed by atoms with Crippen molar-refractivity contribution in [3.8, 4) is 0 Å². The molecular weight excluding hydrogens is 268 g/mol. The zero-order valence-corrected chi connectivity index (χ0v) is 12.1. The third-order valence-electron chi connectivity index (χ3n) is 3.10. The van der Waals surface area contributed by atoms with Gasteiger partial charge in [0.15, 0.2) is 5.13 Å². The second-order valence-electron chi connectivity index (χ2n) is 4.89. The van der Waals surface area contributed by atoms with Gasteiger partial charge in [0.05, 0.1) is 10.2 Å². The fraction of sp³-hybridized carbons (Fsp3) is 0.200. The highest BCUT2D eigenvalue weighted by Gasteiger charge is 2.05. The molecule has 0 radical (unpaired) electrons. The Hall–Kier alpha value is -1.98. The van der Waals surface area contributed by atoms with Crippen LogP contribution in [-0.2, 0) is 13.1 Å². The summed E-state index contributed by atoms with van der Waals surface area (Å²) in [5, 5.41) is 0.626. The Kier molecular flexibility index (Phi) is 3.62. The number of hydrogen-bond acceptors (Lipinski definition) is 5. The lowest BCUT2D eigenvalue weighted by Gasteiger charge is -2.16. The van der Waals surface area contributed by atoms with E-state index >= 15 is 0 Å². The fourth-order valence-electron chi connectivity index (χ4n) is 2.26. The van der Waals surface area contributed by atoms with E-state index in [4.69, 9.17) is 5.73 Å². The molecule has 3 rings (SSSR count). The normalized spacial score (nSPS) is 11.3. The number of thiazole rings is 1. The molecule has 0 fully saturated rings. The van der Waals surface area contributed by atoms with E-state index < -0.39 is 0 Å². The number of aromatic nitrogens is 2. The van der Waals surface area contributed by atoms with Gasteiger partial charge in [0.1, 0.15) is 0 Å². The van der Waals surface area contributed by atoms with Gasteiger partial charge in [-0.05, 0) is 36.4 Å². The summed E-state index contributed by atoms with van der Waals surface area (Å²) in [6, 6.07) is 10.4. The molecule has 0 atom stereocenters. The van der Waals surface area contributed by atoms with E-state index in [0.29, 0.717) is 5.13 Å². The lowest BCUT2D eigenvalue weighted by Crippen LogP contribution is -2.17. The first-order valence-electron chi connectivity index (χ1n) is 6.43. The van der Waals surface area contributed by atoms with Crippen LogP contribution < -0.4 is 5.73 Å². The van der Waals surface area contributed by atoms with Gasteiger partial charge in [-0.25, -0.2) is 4.98 Å². The minimum Gasteiger partial charge on any atom is -0.375 e. The van der Waals surface area contributed by atoms with Crippen LogP contribution in [0.5, 0.6) is 0 Å². The quantitative estimate of drug-likeness (QED) is 0.800. The number of hydrogen-bond donors (Lipinski definition) is 1. The van der Waals surface area contributed by atoms with Crippen molar-refractivity contribution in [1.82, 2.24) is 14.9 Å². The van der Waals surface area contributed by atoms with Crippen LogP contribution in [0.3, 0.4) is 0 Å². The number of nitrogens with two attached hydrogens (primary N) is 1. The van der Waals surface area contributed by atoms with E-state index in [-0.39, 0.29) is 0 Å². The second-order valence-corrected chi connectivity index (χ2v) is 5.95. The Morgan fingerprint density at radius 3 is 2.85 bits per heavy atom. The highest BCUT2D eigenvalue weighted by Crippen LogP contribution is 2.25. The maximum absolute atomic E-state index is 5.73. The van der Waals surface area contributed by atoms with Crippen LogP contribution in [-0.4, -0.2) is 21.9 Å². The zero-order valence-electron chi connectivity index (χ0n) is 11.3. The average Bonchev–Trinajstić information content (AvgIpc) is 2.79. The van der Waals surface area contributed by atoms with Gasteiger partial charge in [0.25, 0.3) is 0 Å². The molecule has 0 saturated heterocycles. The van der Waals surface area contributed by atoms with Crippen molar-refractivity contribution >= 4 is 26.7 Å². The molecule has 0 aliphatic heterocycles. The first-order valence-corrected chi connectivity index (χ1v) is 7.25. The molecule has 2 heterocycles. The number of rotatable bonds is 4. The molecular formula is C15H16N4S. The highest BCUT2D eigenvalue weighted by atomic mass is 32.1. The molecule has 0 amide bonds. The van der Waals surface area contributed by atoms with E-state index in [1.807, 2.05) is 18.3 Å². The Labute approximate surface area is 121 Å². The summed E-state index contributed by atoms with van der Waals surface area (Å²) in [6.07, 6.45) is 3.70.